The van der Waals surface area contributed by atoms with Gasteiger partial charge >= 0.3 is 0 Å². The fourth-order valence-corrected chi connectivity index (χ4v) is 5.52. The Kier molecular flexibility index (Phi) is 6.71. The Morgan fingerprint density at radius 2 is 2.00 bits per heavy atom. The average molecular weight is 465 g/mol. The third kappa shape index (κ3) is 4.53. The summed E-state index contributed by atoms with van der Waals surface area (Å²) in [6.45, 7) is 3.50. The Labute approximate surface area is 191 Å². The molecule has 1 atom stereocenters. The van der Waals surface area contributed by atoms with Crippen LogP contribution in [0.25, 0.3) is 0 Å². The summed E-state index contributed by atoms with van der Waals surface area (Å²) in [5.74, 6) is 0.222. The highest BCUT2D eigenvalue weighted by Crippen LogP contribution is 2.41. The molecule has 2 aliphatic rings. The highest BCUT2D eigenvalue weighted by molar-refractivity contribution is 7.10. The van der Waals surface area contributed by atoms with Gasteiger partial charge in [0.1, 0.15) is 0 Å². The zero-order chi connectivity index (χ0) is 21.3. The van der Waals surface area contributed by atoms with E-state index in [1.54, 1.807) is 22.3 Å². The van der Waals surface area contributed by atoms with Gasteiger partial charge in [-0.3, -0.25) is 9.59 Å². The largest absolute Gasteiger partial charge is 0.333 e. The molecule has 2 heterocycles. The molecule has 1 aliphatic carbocycles. The van der Waals surface area contributed by atoms with Crippen LogP contribution in [-0.2, 0) is 16.0 Å². The summed E-state index contributed by atoms with van der Waals surface area (Å²) >= 11 is 14.4. The molecule has 1 aromatic carbocycles. The van der Waals surface area contributed by atoms with Crippen LogP contribution >= 0.6 is 34.5 Å². The Hall–Kier alpha value is -1.56. The van der Waals surface area contributed by atoms with Crippen molar-refractivity contribution in [1.29, 1.82) is 0 Å². The molecule has 4 rings (SSSR count). The Balaban J connectivity index is 1.62. The lowest BCUT2D eigenvalue weighted by Crippen LogP contribution is -2.47. The van der Waals surface area contributed by atoms with Crippen LogP contribution in [0.5, 0.6) is 0 Å². The summed E-state index contributed by atoms with van der Waals surface area (Å²) in [5.41, 5.74) is 2.00. The standard InChI is InChI=1S/C23H26Cl2N2O2S/c1-2-3-10-26(23(29)15-4-5-15)14-21(28)27-11-8-20-18(9-12-30-20)22(27)17-7-6-16(24)13-19(17)25/h6-7,9,12-13,15,22H,2-5,8,10-11,14H2,1H3. The van der Waals surface area contributed by atoms with Gasteiger partial charge in [-0.05, 0) is 60.4 Å². The molecule has 0 radical (unpaired) electrons. The fourth-order valence-electron chi connectivity index (χ4n) is 4.10. The summed E-state index contributed by atoms with van der Waals surface area (Å²) in [7, 11) is 0. The summed E-state index contributed by atoms with van der Waals surface area (Å²) in [6, 6.07) is 7.29. The van der Waals surface area contributed by atoms with Crippen molar-refractivity contribution in [2.24, 2.45) is 5.92 Å². The molecule has 160 valence electrons. The third-order valence-corrected chi connectivity index (χ3v) is 7.45. The van der Waals surface area contributed by atoms with Gasteiger partial charge in [0.15, 0.2) is 0 Å². The molecule has 1 fully saturated rings. The van der Waals surface area contributed by atoms with Crippen LogP contribution in [0.3, 0.4) is 0 Å². The smallest absolute Gasteiger partial charge is 0.242 e. The minimum atomic E-state index is -0.249. The zero-order valence-electron chi connectivity index (χ0n) is 17.1. The van der Waals surface area contributed by atoms with Gasteiger partial charge in [0, 0.05) is 33.9 Å². The number of unbranched alkanes of at least 4 members (excludes halogenated alkanes) is 1. The average Bonchev–Trinajstić information content (AvgIpc) is 3.47. The van der Waals surface area contributed by atoms with Crippen molar-refractivity contribution in [1.82, 2.24) is 9.80 Å². The van der Waals surface area contributed by atoms with Crippen LogP contribution in [0.1, 0.15) is 54.7 Å². The van der Waals surface area contributed by atoms with E-state index in [4.69, 9.17) is 23.2 Å². The Morgan fingerprint density at radius 3 is 2.70 bits per heavy atom. The maximum atomic E-state index is 13.5. The predicted octanol–water partition coefficient (Wildman–Crippen LogP) is 5.57. The van der Waals surface area contributed by atoms with Crippen LogP contribution in [0, 0.1) is 5.92 Å². The normalized spacial score (nSPS) is 18.2. The van der Waals surface area contributed by atoms with Crippen molar-refractivity contribution in [3.05, 3.63) is 55.7 Å². The number of amides is 2. The van der Waals surface area contributed by atoms with E-state index in [-0.39, 0.29) is 30.3 Å². The number of thiophene rings is 1. The molecule has 0 bridgehead atoms. The van der Waals surface area contributed by atoms with Crippen LogP contribution < -0.4 is 0 Å². The van der Waals surface area contributed by atoms with E-state index >= 15 is 0 Å². The van der Waals surface area contributed by atoms with E-state index in [1.165, 1.54) is 4.88 Å². The van der Waals surface area contributed by atoms with Gasteiger partial charge in [-0.15, -0.1) is 11.3 Å². The molecule has 1 aliphatic heterocycles. The second kappa shape index (κ2) is 9.29. The lowest BCUT2D eigenvalue weighted by atomic mass is 9.93. The van der Waals surface area contributed by atoms with Gasteiger partial charge in [0.05, 0.1) is 12.6 Å². The van der Waals surface area contributed by atoms with E-state index in [1.807, 2.05) is 17.0 Å². The number of hydrogen-bond acceptors (Lipinski definition) is 3. The topological polar surface area (TPSA) is 40.6 Å². The molecule has 1 aromatic heterocycles. The predicted molar refractivity (Wildman–Crippen MR) is 122 cm³/mol. The van der Waals surface area contributed by atoms with Crippen molar-refractivity contribution < 1.29 is 9.59 Å². The van der Waals surface area contributed by atoms with Crippen LogP contribution in [0.15, 0.2) is 29.6 Å². The minimum absolute atomic E-state index is 0.0204. The van der Waals surface area contributed by atoms with E-state index in [0.717, 1.165) is 43.2 Å². The van der Waals surface area contributed by atoms with Gasteiger partial charge in [-0.25, -0.2) is 0 Å². The number of rotatable bonds is 7. The molecule has 0 saturated heterocycles. The molecule has 2 aromatic rings. The van der Waals surface area contributed by atoms with Crippen LogP contribution in [0.2, 0.25) is 10.0 Å². The second-order valence-electron chi connectivity index (χ2n) is 8.09. The molecular formula is C23H26Cl2N2O2S. The van der Waals surface area contributed by atoms with Gasteiger partial charge in [-0.2, -0.15) is 0 Å². The number of halogens is 2. The lowest BCUT2D eigenvalue weighted by molar-refractivity contribution is -0.142. The molecule has 4 nitrogen and oxygen atoms in total. The van der Waals surface area contributed by atoms with Crippen LogP contribution in [0.4, 0.5) is 0 Å². The Morgan fingerprint density at radius 1 is 1.20 bits per heavy atom. The second-order valence-corrected chi connectivity index (χ2v) is 9.94. The molecule has 7 heteroatoms. The molecule has 30 heavy (non-hydrogen) atoms. The third-order valence-electron chi connectivity index (χ3n) is 5.89. The van der Waals surface area contributed by atoms with Gasteiger partial charge < -0.3 is 9.80 Å². The summed E-state index contributed by atoms with van der Waals surface area (Å²) in [4.78, 5) is 31.2. The maximum absolute atomic E-state index is 13.5. The number of fused-ring (bicyclic) bond motifs is 1. The number of carbonyl (C=O) groups excluding carboxylic acids is 2. The molecular weight excluding hydrogens is 439 g/mol. The van der Waals surface area contributed by atoms with Gasteiger partial charge in [0.25, 0.3) is 0 Å². The number of nitrogens with zero attached hydrogens (tertiary/aromatic N) is 2. The molecule has 0 N–H and O–H groups in total. The number of carbonyl (C=O) groups is 2. The monoisotopic (exact) mass is 464 g/mol. The summed E-state index contributed by atoms with van der Waals surface area (Å²) in [5, 5.41) is 3.20. The van der Waals surface area contributed by atoms with E-state index < -0.39 is 0 Å². The van der Waals surface area contributed by atoms with Crippen molar-refractivity contribution >= 4 is 46.4 Å². The van der Waals surface area contributed by atoms with Crippen molar-refractivity contribution in [2.45, 2.75) is 45.1 Å². The van der Waals surface area contributed by atoms with E-state index in [2.05, 4.69) is 18.4 Å². The summed E-state index contributed by atoms with van der Waals surface area (Å²) in [6.07, 6.45) is 4.62. The molecule has 1 saturated carbocycles. The summed E-state index contributed by atoms with van der Waals surface area (Å²) < 4.78 is 0. The lowest BCUT2D eigenvalue weighted by Gasteiger charge is -2.38. The first-order valence-corrected chi connectivity index (χ1v) is 12.2. The minimum Gasteiger partial charge on any atom is -0.333 e. The van der Waals surface area contributed by atoms with Gasteiger partial charge in [-0.1, -0.05) is 42.6 Å². The highest BCUT2D eigenvalue weighted by atomic mass is 35.5. The van der Waals surface area contributed by atoms with E-state index in [0.29, 0.717) is 23.1 Å². The Bertz CT molecular complexity index is 941. The SMILES string of the molecule is CCCCN(CC(=O)N1CCc2sccc2C1c1ccc(Cl)cc1Cl)C(=O)C1CC1. The van der Waals surface area contributed by atoms with Gasteiger partial charge in [0.2, 0.25) is 11.8 Å². The zero-order valence-corrected chi connectivity index (χ0v) is 19.4. The first-order chi connectivity index (χ1) is 14.5. The molecule has 1 unspecified atom stereocenters. The van der Waals surface area contributed by atoms with Crippen molar-refractivity contribution in [2.75, 3.05) is 19.6 Å². The highest BCUT2D eigenvalue weighted by Gasteiger charge is 2.37. The fraction of sp³-hybridized carbons (Fsp3) is 0.478. The van der Waals surface area contributed by atoms with Crippen LogP contribution in [-0.4, -0.2) is 41.2 Å². The van der Waals surface area contributed by atoms with E-state index in [9.17, 15) is 9.59 Å². The quantitative estimate of drug-likeness (QED) is 0.537. The first-order valence-electron chi connectivity index (χ1n) is 10.6. The molecule has 2 amide bonds. The number of benzene rings is 1. The molecule has 0 spiro atoms. The van der Waals surface area contributed by atoms with Crippen molar-refractivity contribution in [3.63, 3.8) is 0 Å². The van der Waals surface area contributed by atoms with Crippen molar-refractivity contribution in [3.8, 4) is 0 Å². The maximum Gasteiger partial charge on any atom is 0.242 e. The first kappa shape index (κ1) is 21.7. The number of hydrogen-bond donors (Lipinski definition) is 0.